The first kappa shape index (κ1) is 14.3. The van der Waals surface area contributed by atoms with Gasteiger partial charge in [-0.05, 0) is 36.6 Å². The molecule has 0 saturated heterocycles. The fourth-order valence-corrected chi connectivity index (χ4v) is 2.28. The van der Waals surface area contributed by atoms with E-state index in [1.54, 1.807) is 24.3 Å². The van der Waals surface area contributed by atoms with Gasteiger partial charge >= 0.3 is 5.97 Å². The first-order valence-corrected chi connectivity index (χ1v) is 6.58. The zero-order chi connectivity index (χ0) is 14.6. The molecule has 0 bridgehead atoms. The molecule has 1 aromatic carbocycles. The number of carboxylic acid groups (broad SMARTS) is 1. The van der Waals surface area contributed by atoms with E-state index < -0.39 is 11.4 Å². The second-order valence-electron chi connectivity index (χ2n) is 5.09. The number of anilines is 1. The minimum Gasteiger partial charge on any atom is -0.478 e. The molecule has 4 N–H and O–H groups in total. The summed E-state index contributed by atoms with van der Waals surface area (Å²) in [5.74, 6) is -1.05. The van der Waals surface area contributed by atoms with Gasteiger partial charge in [0.25, 0.3) is 0 Å². The SMILES string of the molecule is NCC1(C(=O)Nc2cccc(/C=C/C(=O)O)c2)CCC1. The summed E-state index contributed by atoms with van der Waals surface area (Å²) in [6, 6.07) is 7.06. The number of nitrogens with one attached hydrogen (secondary N) is 1. The van der Waals surface area contributed by atoms with Crippen LogP contribution in [0.1, 0.15) is 24.8 Å². The number of hydrogen-bond acceptors (Lipinski definition) is 3. The molecule has 20 heavy (non-hydrogen) atoms. The molecule has 1 saturated carbocycles. The summed E-state index contributed by atoms with van der Waals surface area (Å²) in [6.07, 6.45) is 5.24. The molecule has 0 spiro atoms. The lowest BCUT2D eigenvalue weighted by molar-refractivity contribution is -0.131. The third-order valence-corrected chi connectivity index (χ3v) is 3.75. The molecule has 5 heteroatoms. The number of amides is 1. The fourth-order valence-electron chi connectivity index (χ4n) is 2.28. The lowest BCUT2D eigenvalue weighted by Gasteiger charge is -2.39. The van der Waals surface area contributed by atoms with Gasteiger partial charge in [-0.15, -0.1) is 0 Å². The molecule has 1 aromatic rings. The van der Waals surface area contributed by atoms with E-state index in [9.17, 15) is 9.59 Å². The Bertz CT molecular complexity index is 542. The van der Waals surface area contributed by atoms with Crippen LogP contribution >= 0.6 is 0 Å². The lowest BCUT2D eigenvalue weighted by Crippen LogP contribution is -2.47. The molecule has 0 atom stereocenters. The van der Waals surface area contributed by atoms with Crippen molar-refractivity contribution in [3.8, 4) is 0 Å². The van der Waals surface area contributed by atoms with E-state index in [-0.39, 0.29) is 5.91 Å². The van der Waals surface area contributed by atoms with Gasteiger partial charge in [0.05, 0.1) is 5.41 Å². The van der Waals surface area contributed by atoms with Crippen molar-refractivity contribution in [2.45, 2.75) is 19.3 Å². The van der Waals surface area contributed by atoms with Crippen molar-refractivity contribution in [2.75, 3.05) is 11.9 Å². The number of carbonyl (C=O) groups is 2. The van der Waals surface area contributed by atoms with Gasteiger partial charge in [0.2, 0.25) is 5.91 Å². The number of benzene rings is 1. The standard InChI is InChI=1S/C15H18N2O3/c16-10-15(7-2-8-15)14(20)17-12-4-1-3-11(9-12)5-6-13(18)19/h1,3-6,9H,2,7-8,10,16H2,(H,17,20)(H,18,19)/b6-5+. The van der Waals surface area contributed by atoms with Crippen LogP contribution in [0, 0.1) is 5.41 Å². The van der Waals surface area contributed by atoms with Crippen LogP contribution < -0.4 is 11.1 Å². The topological polar surface area (TPSA) is 92.4 Å². The van der Waals surface area contributed by atoms with Crippen LogP contribution in [0.5, 0.6) is 0 Å². The summed E-state index contributed by atoms with van der Waals surface area (Å²) in [4.78, 5) is 22.7. The van der Waals surface area contributed by atoms with Crippen LogP contribution in [-0.4, -0.2) is 23.5 Å². The number of carbonyl (C=O) groups excluding carboxylic acids is 1. The predicted molar refractivity (Wildman–Crippen MR) is 77.1 cm³/mol. The number of rotatable bonds is 5. The first-order valence-electron chi connectivity index (χ1n) is 6.58. The van der Waals surface area contributed by atoms with E-state index in [4.69, 9.17) is 10.8 Å². The fraction of sp³-hybridized carbons (Fsp3) is 0.333. The molecule has 1 fully saturated rings. The molecule has 1 amide bonds. The van der Waals surface area contributed by atoms with Gasteiger partial charge in [-0.3, -0.25) is 4.79 Å². The normalized spacial score (nSPS) is 16.6. The number of aliphatic carboxylic acids is 1. The van der Waals surface area contributed by atoms with Crippen molar-refractivity contribution in [1.82, 2.24) is 0 Å². The molecule has 2 rings (SSSR count). The third-order valence-electron chi connectivity index (χ3n) is 3.75. The maximum atomic E-state index is 12.2. The van der Waals surface area contributed by atoms with E-state index in [1.807, 2.05) is 0 Å². The second-order valence-corrected chi connectivity index (χ2v) is 5.09. The summed E-state index contributed by atoms with van der Waals surface area (Å²) in [5.41, 5.74) is 6.65. The average molecular weight is 274 g/mol. The van der Waals surface area contributed by atoms with Gasteiger partial charge in [0.1, 0.15) is 0 Å². The Morgan fingerprint density at radius 1 is 1.40 bits per heavy atom. The zero-order valence-electron chi connectivity index (χ0n) is 11.1. The summed E-state index contributed by atoms with van der Waals surface area (Å²) in [7, 11) is 0. The summed E-state index contributed by atoms with van der Waals surface area (Å²) >= 11 is 0. The van der Waals surface area contributed by atoms with Crippen LogP contribution in [-0.2, 0) is 9.59 Å². The molecule has 1 aliphatic rings. The van der Waals surface area contributed by atoms with Gasteiger partial charge in [0, 0.05) is 18.3 Å². The van der Waals surface area contributed by atoms with Crippen LogP contribution in [0.3, 0.4) is 0 Å². The Morgan fingerprint density at radius 2 is 2.15 bits per heavy atom. The first-order chi connectivity index (χ1) is 9.55. The van der Waals surface area contributed by atoms with Gasteiger partial charge in [-0.1, -0.05) is 18.6 Å². The Hall–Kier alpha value is -2.14. The average Bonchev–Trinajstić information content (AvgIpc) is 2.36. The van der Waals surface area contributed by atoms with Crippen LogP contribution in [0.15, 0.2) is 30.3 Å². The van der Waals surface area contributed by atoms with E-state index in [0.717, 1.165) is 30.9 Å². The molecule has 5 nitrogen and oxygen atoms in total. The highest BCUT2D eigenvalue weighted by Crippen LogP contribution is 2.40. The van der Waals surface area contributed by atoms with Crippen molar-refractivity contribution in [3.05, 3.63) is 35.9 Å². The van der Waals surface area contributed by atoms with Crippen molar-refractivity contribution in [2.24, 2.45) is 11.1 Å². The Kier molecular flexibility index (Phi) is 4.20. The third kappa shape index (κ3) is 3.05. The Balaban J connectivity index is 2.08. The summed E-state index contributed by atoms with van der Waals surface area (Å²) in [6.45, 7) is 0.359. The van der Waals surface area contributed by atoms with E-state index in [2.05, 4.69) is 5.32 Å². The van der Waals surface area contributed by atoms with E-state index in [1.165, 1.54) is 6.08 Å². The maximum Gasteiger partial charge on any atom is 0.328 e. The summed E-state index contributed by atoms with van der Waals surface area (Å²) in [5, 5.41) is 11.5. The quantitative estimate of drug-likeness (QED) is 0.714. The number of hydrogen-bond donors (Lipinski definition) is 3. The van der Waals surface area contributed by atoms with Crippen LogP contribution in [0.4, 0.5) is 5.69 Å². The molecule has 1 aliphatic carbocycles. The molecule has 0 unspecified atom stereocenters. The monoisotopic (exact) mass is 274 g/mol. The van der Waals surface area contributed by atoms with Crippen molar-refractivity contribution in [1.29, 1.82) is 0 Å². The van der Waals surface area contributed by atoms with E-state index in [0.29, 0.717) is 12.2 Å². The van der Waals surface area contributed by atoms with Crippen LogP contribution in [0.2, 0.25) is 0 Å². The smallest absolute Gasteiger partial charge is 0.328 e. The zero-order valence-corrected chi connectivity index (χ0v) is 11.1. The van der Waals surface area contributed by atoms with Gasteiger partial charge in [0.15, 0.2) is 0 Å². The molecular weight excluding hydrogens is 256 g/mol. The van der Waals surface area contributed by atoms with Gasteiger partial charge in [-0.2, -0.15) is 0 Å². The minimum atomic E-state index is -1.00. The number of carboxylic acids is 1. The summed E-state index contributed by atoms with van der Waals surface area (Å²) < 4.78 is 0. The molecule has 0 radical (unpaired) electrons. The largest absolute Gasteiger partial charge is 0.478 e. The molecule has 106 valence electrons. The second kappa shape index (κ2) is 5.88. The molecule has 0 aromatic heterocycles. The molecule has 0 aliphatic heterocycles. The highest BCUT2D eigenvalue weighted by molar-refractivity contribution is 5.96. The Morgan fingerprint density at radius 3 is 2.70 bits per heavy atom. The van der Waals surface area contributed by atoms with Crippen molar-refractivity contribution < 1.29 is 14.7 Å². The van der Waals surface area contributed by atoms with Gasteiger partial charge in [-0.25, -0.2) is 4.79 Å². The van der Waals surface area contributed by atoms with Crippen molar-refractivity contribution in [3.63, 3.8) is 0 Å². The van der Waals surface area contributed by atoms with Crippen molar-refractivity contribution >= 4 is 23.6 Å². The lowest BCUT2D eigenvalue weighted by atomic mass is 9.68. The van der Waals surface area contributed by atoms with Crippen LogP contribution in [0.25, 0.3) is 6.08 Å². The highest BCUT2D eigenvalue weighted by atomic mass is 16.4. The maximum absolute atomic E-state index is 12.2. The number of nitrogens with two attached hydrogens (primary N) is 1. The Labute approximate surface area is 117 Å². The van der Waals surface area contributed by atoms with E-state index >= 15 is 0 Å². The predicted octanol–water partition coefficient (Wildman–Crippen LogP) is 1.85. The molecule has 0 heterocycles. The minimum absolute atomic E-state index is 0.0504. The van der Waals surface area contributed by atoms with Gasteiger partial charge < -0.3 is 16.2 Å². The highest BCUT2D eigenvalue weighted by Gasteiger charge is 2.42. The molecular formula is C15H18N2O3.